The number of allylic oxidation sites excluding steroid dienone is 2. The summed E-state index contributed by atoms with van der Waals surface area (Å²) < 4.78 is 5.13. The van der Waals surface area contributed by atoms with E-state index in [0.717, 1.165) is 25.9 Å². The Hall–Kier alpha value is -1.86. The van der Waals surface area contributed by atoms with Gasteiger partial charge >= 0.3 is 6.02 Å². The number of nitrogens with zero attached hydrogens (tertiary/aromatic N) is 6. The lowest BCUT2D eigenvalue weighted by Gasteiger charge is -2.34. The molecule has 7 nitrogen and oxygen atoms in total. The van der Waals surface area contributed by atoms with E-state index in [-0.39, 0.29) is 6.02 Å². The van der Waals surface area contributed by atoms with Crippen molar-refractivity contribution in [1.29, 1.82) is 0 Å². The second-order valence-electron chi connectivity index (χ2n) is 5.05. The molecule has 9 heteroatoms. The Bertz CT molecular complexity index is 727. The maximum atomic E-state index is 6.30. The van der Waals surface area contributed by atoms with Crippen LogP contribution >= 0.6 is 23.2 Å². The molecule has 4 rings (SSSR count). The molecule has 22 heavy (non-hydrogen) atoms. The lowest BCUT2D eigenvalue weighted by atomic mass is 10.3. The predicted molar refractivity (Wildman–Crippen MR) is 86.2 cm³/mol. The lowest BCUT2D eigenvalue weighted by molar-refractivity contribution is 0.391. The van der Waals surface area contributed by atoms with Gasteiger partial charge in [-0.3, -0.25) is 0 Å². The molecule has 0 aromatic heterocycles. The van der Waals surface area contributed by atoms with Gasteiger partial charge < -0.3 is 9.64 Å². The van der Waals surface area contributed by atoms with Gasteiger partial charge in [-0.15, -0.1) is 0 Å². The molecule has 0 bridgehead atoms. The van der Waals surface area contributed by atoms with E-state index in [2.05, 4.69) is 24.9 Å². The van der Waals surface area contributed by atoms with Crippen molar-refractivity contribution in [1.82, 2.24) is 9.80 Å². The number of likely N-dealkylation sites (tertiary alicyclic amines) is 1. The van der Waals surface area contributed by atoms with Crippen LogP contribution in [-0.2, 0) is 4.74 Å². The molecule has 0 saturated carbocycles. The minimum atomic E-state index is 0.205. The van der Waals surface area contributed by atoms with Crippen LogP contribution in [0.15, 0.2) is 41.9 Å². The van der Waals surface area contributed by atoms with Gasteiger partial charge in [0.25, 0.3) is 0 Å². The maximum Gasteiger partial charge on any atom is 0.321 e. The minimum absolute atomic E-state index is 0.205. The van der Waals surface area contributed by atoms with Crippen molar-refractivity contribution in [2.75, 3.05) is 20.2 Å². The van der Waals surface area contributed by atoms with Crippen molar-refractivity contribution in [2.45, 2.75) is 12.8 Å². The van der Waals surface area contributed by atoms with Crippen LogP contribution in [0.1, 0.15) is 12.8 Å². The molecule has 0 amide bonds. The normalized spacial score (nSPS) is 23.5. The summed E-state index contributed by atoms with van der Waals surface area (Å²) in [5, 5.41) is 0.829. The minimum Gasteiger partial charge on any atom is -0.467 e. The molecule has 0 atom stereocenters. The van der Waals surface area contributed by atoms with E-state index in [1.54, 1.807) is 11.0 Å². The number of hydrogen-bond donors (Lipinski definition) is 0. The molecule has 0 N–H and O–H groups in total. The summed E-state index contributed by atoms with van der Waals surface area (Å²) in [4.78, 5) is 21.4. The monoisotopic (exact) mass is 338 g/mol. The van der Waals surface area contributed by atoms with E-state index in [0.29, 0.717) is 33.6 Å². The van der Waals surface area contributed by atoms with Crippen LogP contribution in [-0.4, -0.2) is 53.8 Å². The van der Waals surface area contributed by atoms with Crippen LogP contribution in [0.3, 0.4) is 0 Å². The van der Waals surface area contributed by atoms with Gasteiger partial charge in [0.15, 0.2) is 11.7 Å². The highest BCUT2D eigenvalue weighted by atomic mass is 35.5. The van der Waals surface area contributed by atoms with Crippen LogP contribution in [0, 0.1) is 0 Å². The quantitative estimate of drug-likeness (QED) is 0.679. The standard InChI is InChI=1S/C13H12Cl2N6O/c1-22-13-17-10-8(15)6-7(14)9-16-11(20-4-2-3-5-20)18-12(19-13)21(9)10/h6H,2-5H2,1H3. The first-order chi connectivity index (χ1) is 10.7. The Balaban J connectivity index is 1.86. The topological polar surface area (TPSA) is 65.2 Å². The van der Waals surface area contributed by atoms with Crippen molar-refractivity contribution in [3.63, 3.8) is 0 Å². The smallest absolute Gasteiger partial charge is 0.321 e. The highest BCUT2D eigenvalue weighted by molar-refractivity contribution is 6.48. The molecule has 4 aliphatic heterocycles. The first-order valence-electron chi connectivity index (χ1n) is 6.88. The Morgan fingerprint density at radius 2 is 1.82 bits per heavy atom. The lowest BCUT2D eigenvalue weighted by Crippen LogP contribution is -2.45. The molecule has 0 unspecified atom stereocenters. The molecule has 0 aromatic carbocycles. The van der Waals surface area contributed by atoms with Crippen LogP contribution in [0.25, 0.3) is 0 Å². The molecule has 4 aliphatic rings. The van der Waals surface area contributed by atoms with Gasteiger partial charge in [-0.05, 0) is 18.9 Å². The van der Waals surface area contributed by atoms with Gasteiger partial charge in [0, 0.05) is 13.1 Å². The summed E-state index contributed by atoms with van der Waals surface area (Å²) in [6, 6.07) is 0.205. The van der Waals surface area contributed by atoms with E-state index < -0.39 is 0 Å². The average Bonchev–Trinajstić information content (AvgIpc) is 3.05. The van der Waals surface area contributed by atoms with E-state index in [1.165, 1.54) is 7.11 Å². The fourth-order valence-corrected chi connectivity index (χ4v) is 3.16. The van der Waals surface area contributed by atoms with Crippen molar-refractivity contribution in [3.8, 4) is 0 Å². The first kappa shape index (κ1) is 13.8. The maximum absolute atomic E-state index is 6.30. The number of halogens is 2. The first-order valence-corrected chi connectivity index (χ1v) is 7.64. The molecule has 4 heterocycles. The van der Waals surface area contributed by atoms with Crippen molar-refractivity contribution in [2.24, 2.45) is 20.0 Å². The summed E-state index contributed by atoms with van der Waals surface area (Å²) in [6.07, 6.45) is 3.89. The van der Waals surface area contributed by atoms with Gasteiger partial charge in [0.05, 0.1) is 17.2 Å². The van der Waals surface area contributed by atoms with Gasteiger partial charge in [-0.2, -0.15) is 20.0 Å². The number of aliphatic imine (C=N–C) groups is 4. The Morgan fingerprint density at radius 3 is 2.55 bits per heavy atom. The van der Waals surface area contributed by atoms with E-state index in [9.17, 15) is 0 Å². The average molecular weight is 339 g/mol. The molecule has 0 aliphatic carbocycles. The van der Waals surface area contributed by atoms with Crippen LogP contribution in [0.4, 0.5) is 0 Å². The van der Waals surface area contributed by atoms with E-state index in [1.807, 2.05) is 0 Å². The van der Waals surface area contributed by atoms with Gasteiger partial charge in [0.1, 0.15) is 0 Å². The van der Waals surface area contributed by atoms with Crippen LogP contribution < -0.4 is 0 Å². The number of amidine groups is 2. The third kappa shape index (κ3) is 2.04. The zero-order chi connectivity index (χ0) is 15.3. The van der Waals surface area contributed by atoms with Gasteiger partial charge in [-0.25, -0.2) is 4.90 Å². The SMILES string of the molecule is COC1=NC2=C(Cl)C=C(Cl)C3=NC(N4CCCC4)=NC(=N1)N32. The molecule has 114 valence electrons. The van der Waals surface area contributed by atoms with E-state index >= 15 is 0 Å². The number of guanidine groups is 2. The fraction of sp³-hybridized carbons (Fsp3) is 0.385. The largest absolute Gasteiger partial charge is 0.467 e. The summed E-state index contributed by atoms with van der Waals surface area (Å²) in [6.45, 7) is 1.86. The molecule has 1 saturated heterocycles. The van der Waals surface area contributed by atoms with Gasteiger partial charge in [0.2, 0.25) is 11.9 Å². The Labute approximate surface area is 137 Å². The highest BCUT2D eigenvalue weighted by Gasteiger charge is 2.37. The van der Waals surface area contributed by atoms with Crippen molar-refractivity contribution < 1.29 is 4.74 Å². The summed E-state index contributed by atoms with van der Waals surface area (Å²) >= 11 is 12.5. The van der Waals surface area contributed by atoms with Crippen molar-refractivity contribution >= 4 is 47.0 Å². The third-order valence-electron chi connectivity index (χ3n) is 3.68. The summed E-state index contributed by atoms with van der Waals surface area (Å²) in [7, 11) is 1.50. The van der Waals surface area contributed by atoms with Crippen molar-refractivity contribution in [3.05, 3.63) is 22.0 Å². The zero-order valence-corrected chi connectivity index (χ0v) is 13.3. The molecule has 0 spiro atoms. The summed E-state index contributed by atoms with van der Waals surface area (Å²) in [5.41, 5.74) is 0. The number of ether oxygens (including phenoxy) is 1. The summed E-state index contributed by atoms with van der Waals surface area (Å²) in [5.74, 6) is 2.04. The van der Waals surface area contributed by atoms with Gasteiger partial charge in [-0.1, -0.05) is 23.2 Å². The fourth-order valence-electron chi connectivity index (χ4n) is 2.64. The molecule has 0 radical (unpaired) electrons. The molecule has 0 aromatic rings. The van der Waals surface area contributed by atoms with E-state index in [4.69, 9.17) is 27.9 Å². The predicted octanol–water partition coefficient (Wildman–Crippen LogP) is 2.07. The number of methoxy groups -OCH3 is 1. The molecule has 1 fully saturated rings. The second kappa shape index (κ2) is 5.10. The number of rotatable bonds is 0. The van der Waals surface area contributed by atoms with Crippen LogP contribution in [0.5, 0.6) is 0 Å². The Morgan fingerprint density at radius 1 is 1.05 bits per heavy atom. The molecular weight excluding hydrogens is 327 g/mol. The second-order valence-corrected chi connectivity index (χ2v) is 5.87. The highest BCUT2D eigenvalue weighted by Crippen LogP contribution is 2.33. The number of hydrogen-bond acceptors (Lipinski definition) is 7. The third-order valence-corrected chi connectivity index (χ3v) is 4.24. The molecular formula is C13H12Cl2N6O. The Kier molecular flexibility index (Phi) is 3.19. The zero-order valence-electron chi connectivity index (χ0n) is 11.8. The van der Waals surface area contributed by atoms with Crippen LogP contribution in [0.2, 0.25) is 0 Å².